The number of anilines is 1. The zero-order valence-electron chi connectivity index (χ0n) is 29.7. The fraction of sp³-hybridized carbons (Fsp3) is 0.643. The zero-order valence-corrected chi connectivity index (χ0v) is 29.7. The quantitative estimate of drug-likeness (QED) is 0.245. The highest BCUT2D eigenvalue weighted by molar-refractivity contribution is 5.90. The molecule has 46 heavy (non-hydrogen) atoms. The molecule has 4 heteroatoms. The lowest BCUT2D eigenvalue weighted by atomic mass is 9.33. The van der Waals surface area contributed by atoms with Crippen LogP contribution in [0.2, 0.25) is 0 Å². The number of furan rings is 1. The first-order valence-corrected chi connectivity index (χ1v) is 18.1. The van der Waals surface area contributed by atoms with E-state index >= 15 is 0 Å². The monoisotopic (exact) mass is 623 g/mol. The van der Waals surface area contributed by atoms with Crippen LogP contribution in [0.4, 0.5) is 5.88 Å². The van der Waals surface area contributed by atoms with Crippen LogP contribution in [0.25, 0.3) is 5.57 Å². The van der Waals surface area contributed by atoms with Crippen LogP contribution in [-0.4, -0.2) is 25.7 Å². The first kappa shape index (κ1) is 31.8. The number of rotatable bonds is 5. The Labute approximate surface area is 278 Å². The third kappa shape index (κ3) is 4.13. The van der Waals surface area contributed by atoms with Gasteiger partial charge in [-0.15, -0.1) is 0 Å². The van der Waals surface area contributed by atoms with Gasteiger partial charge in [0.25, 0.3) is 0 Å². The first-order chi connectivity index (χ1) is 21.7. The molecule has 0 aliphatic heterocycles. The van der Waals surface area contributed by atoms with Crippen LogP contribution in [0.15, 0.2) is 65.3 Å². The zero-order chi connectivity index (χ0) is 32.9. The number of ether oxygens (including phenoxy) is 1. The number of nitrogens with zero attached hydrogens (tertiary/aromatic N) is 1. The molecule has 7 rings (SSSR count). The molecule has 2 aromatic rings. The summed E-state index contributed by atoms with van der Waals surface area (Å²) in [6, 6.07) is 12.3. The van der Waals surface area contributed by atoms with Gasteiger partial charge in [0.1, 0.15) is 0 Å². The van der Waals surface area contributed by atoms with E-state index in [0.717, 1.165) is 12.3 Å². The van der Waals surface area contributed by atoms with Crippen molar-refractivity contribution >= 4 is 17.4 Å². The Balaban J connectivity index is 1.23. The maximum absolute atomic E-state index is 12.1. The van der Waals surface area contributed by atoms with Crippen molar-refractivity contribution in [3.05, 3.63) is 72.0 Å². The second-order valence-corrected chi connectivity index (χ2v) is 17.4. The Bertz CT molecular complexity index is 1530. The van der Waals surface area contributed by atoms with Gasteiger partial charge in [0, 0.05) is 18.7 Å². The number of benzene rings is 1. The van der Waals surface area contributed by atoms with Crippen LogP contribution >= 0.6 is 0 Å². The molecule has 248 valence electrons. The van der Waals surface area contributed by atoms with Gasteiger partial charge in [0.15, 0.2) is 5.88 Å². The van der Waals surface area contributed by atoms with Crippen molar-refractivity contribution in [2.75, 3.05) is 19.1 Å². The molecular weight excluding hydrogens is 566 g/mol. The van der Waals surface area contributed by atoms with E-state index < -0.39 is 0 Å². The Morgan fingerprint density at radius 1 is 0.913 bits per heavy atom. The van der Waals surface area contributed by atoms with Gasteiger partial charge in [-0.25, -0.2) is 4.79 Å². The summed E-state index contributed by atoms with van der Waals surface area (Å²) in [5, 5.41) is 0. The van der Waals surface area contributed by atoms with Crippen molar-refractivity contribution in [3.8, 4) is 0 Å². The molecule has 4 saturated carbocycles. The van der Waals surface area contributed by atoms with Crippen LogP contribution in [-0.2, 0) is 4.74 Å². The number of fused-ring (bicyclic) bond motifs is 7. The van der Waals surface area contributed by atoms with E-state index in [2.05, 4.69) is 84.3 Å². The molecular formula is C42H57NO3. The topological polar surface area (TPSA) is 42.7 Å². The summed E-state index contributed by atoms with van der Waals surface area (Å²) in [5.74, 6) is 3.98. The predicted octanol–water partition coefficient (Wildman–Crippen LogP) is 10.6. The third-order valence-electron chi connectivity index (χ3n) is 15.7. The maximum Gasteiger partial charge on any atom is 0.337 e. The lowest BCUT2D eigenvalue weighted by Crippen LogP contribution is -2.68. The maximum atomic E-state index is 12.1. The Hall–Kier alpha value is -2.75. The molecule has 0 unspecified atom stereocenters. The van der Waals surface area contributed by atoms with Crippen molar-refractivity contribution in [1.82, 2.24) is 0 Å². The molecule has 4 nitrogen and oxygen atoms in total. The summed E-state index contributed by atoms with van der Waals surface area (Å²) in [4.78, 5) is 14.7. The first-order valence-electron chi connectivity index (χ1n) is 18.1. The summed E-state index contributed by atoms with van der Waals surface area (Å²) < 4.78 is 11.0. The lowest BCUT2D eigenvalue weighted by molar-refractivity contribution is -0.217. The molecule has 0 N–H and O–H groups in total. The van der Waals surface area contributed by atoms with Crippen molar-refractivity contribution < 1.29 is 13.9 Å². The van der Waals surface area contributed by atoms with E-state index in [9.17, 15) is 4.79 Å². The van der Waals surface area contributed by atoms with Crippen LogP contribution in [0.1, 0.15) is 115 Å². The number of carbonyl (C=O) groups excluding carboxylic acids is 1. The highest BCUT2D eigenvalue weighted by atomic mass is 16.5. The minimum Gasteiger partial charge on any atom is -0.465 e. The molecule has 0 radical (unpaired) electrons. The number of carbonyl (C=O) groups is 1. The van der Waals surface area contributed by atoms with Crippen molar-refractivity contribution in [1.29, 1.82) is 0 Å². The fourth-order valence-corrected chi connectivity index (χ4v) is 13.4. The van der Waals surface area contributed by atoms with Crippen LogP contribution in [0, 0.1) is 51.2 Å². The predicted molar refractivity (Wildman–Crippen MR) is 188 cm³/mol. The summed E-state index contributed by atoms with van der Waals surface area (Å²) >= 11 is 0. The van der Waals surface area contributed by atoms with Gasteiger partial charge in [0.2, 0.25) is 0 Å². The smallest absolute Gasteiger partial charge is 0.337 e. The van der Waals surface area contributed by atoms with Crippen LogP contribution in [0.5, 0.6) is 0 Å². The second-order valence-electron chi connectivity index (χ2n) is 17.4. The van der Waals surface area contributed by atoms with Crippen molar-refractivity contribution in [2.45, 2.75) is 105 Å². The number of esters is 1. The van der Waals surface area contributed by atoms with E-state index in [1.807, 2.05) is 24.5 Å². The minimum absolute atomic E-state index is 0.0584. The van der Waals surface area contributed by atoms with Gasteiger partial charge in [0.05, 0.1) is 18.9 Å². The van der Waals surface area contributed by atoms with E-state index in [-0.39, 0.29) is 22.3 Å². The van der Waals surface area contributed by atoms with Gasteiger partial charge in [-0.05, 0) is 145 Å². The summed E-state index contributed by atoms with van der Waals surface area (Å²) in [6.45, 7) is 20.0. The van der Waals surface area contributed by atoms with Gasteiger partial charge in [-0.3, -0.25) is 0 Å². The summed E-state index contributed by atoms with van der Waals surface area (Å²) in [6.07, 6.45) is 15.8. The molecule has 1 aromatic carbocycles. The second kappa shape index (κ2) is 10.6. The summed E-state index contributed by atoms with van der Waals surface area (Å²) in [5.41, 5.74) is 5.79. The summed E-state index contributed by atoms with van der Waals surface area (Å²) in [7, 11) is 3.76. The molecule has 1 aromatic heterocycles. The Morgan fingerprint density at radius 3 is 2.30 bits per heavy atom. The standard InChI is InChI=1S/C42H57NO3/c1-27(2)30-18-23-42(43(8)35-11-10-26-46-35)25-24-40(6)32(36(30)42)16-17-34-39(5)21-19-31(28-12-14-29(15-13-28)37(44)45-9)38(3,4)33(39)20-22-41(34,40)7/h10-15,19,26,30,32-34,36H,1,16-18,20-25H2,2-9H3/t30-,32+,33-,34+,36+,39-,40+,41+,42-/m0/s1. The normalized spacial score (nSPS) is 40.9. The lowest BCUT2D eigenvalue weighted by Gasteiger charge is -2.72. The number of allylic oxidation sites excluding steroid dienone is 3. The van der Waals surface area contributed by atoms with Crippen LogP contribution in [0.3, 0.4) is 0 Å². The van der Waals surface area contributed by atoms with Crippen molar-refractivity contribution in [3.63, 3.8) is 0 Å². The molecule has 5 aliphatic carbocycles. The Morgan fingerprint density at radius 2 is 1.65 bits per heavy atom. The minimum atomic E-state index is -0.272. The molecule has 5 aliphatic rings. The average Bonchev–Trinajstić information content (AvgIpc) is 3.70. The van der Waals surface area contributed by atoms with Gasteiger partial charge < -0.3 is 14.1 Å². The van der Waals surface area contributed by atoms with Gasteiger partial charge in [-0.1, -0.05) is 65.0 Å². The van der Waals surface area contributed by atoms with E-state index in [0.29, 0.717) is 46.0 Å². The molecule has 0 amide bonds. The molecule has 4 fully saturated rings. The molecule has 1 heterocycles. The molecule has 0 saturated heterocycles. The number of hydrogen-bond donors (Lipinski definition) is 0. The molecule has 9 atom stereocenters. The molecule has 0 bridgehead atoms. The van der Waals surface area contributed by atoms with E-state index in [1.165, 1.54) is 75.2 Å². The van der Waals surface area contributed by atoms with Gasteiger partial charge in [-0.2, -0.15) is 0 Å². The van der Waals surface area contributed by atoms with E-state index in [1.54, 1.807) is 0 Å². The SMILES string of the molecule is C=C(C)[C@@H]1CC[C@]2(N(C)c3ccco3)CC[C@]3(C)[C@H](CC[C@@H]4[C@@]5(C)CC=C(c6ccc(C(=O)OC)cc6)C(C)(C)[C@@H]5CC[C@]43C)[C@@H]12. The highest BCUT2D eigenvalue weighted by Gasteiger charge is 2.71. The van der Waals surface area contributed by atoms with Crippen LogP contribution < -0.4 is 4.90 Å². The van der Waals surface area contributed by atoms with E-state index in [4.69, 9.17) is 9.15 Å². The Kier molecular flexibility index (Phi) is 7.35. The average molecular weight is 624 g/mol. The van der Waals surface area contributed by atoms with Gasteiger partial charge >= 0.3 is 5.97 Å². The number of methoxy groups -OCH3 is 1. The number of hydrogen-bond acceptors (Lipinski definition) is 4. The largest absolute Gasteiger partial charge is 0.465 e. The fourth-order valence-electron chi connectivity index (χ4n) is 13.4. The highest BCUT2D eigenvalue weighted by Crippen LogP contribution is 2.77. The third-order valence-corrected chi connectivity index (χ3v) is 15.7. The molecule has 0 spiro atoms. The van der Waals surface area contributed by atoms with Crippen molar-refractivity contribution in [2.24, 2.45) is 51.2 Å².